The maximum absolute atomic E-state index is 13.2. The lowest BCUT2D eigenvalue weighted by molar-refractivity contribution is 0.174. The first-order valence-electron chi connectivity index (χ1n) is 9.10. The minimum absolute atomic E-state index is 0.183. The number of halogens is 3. The zero-order valence-electron chi connectivity index (χ0n) is 16.0. The normalized spacial score (nSPS) is 12.0. The molecule has 8 heteroatoms. The number of hydrogen-bond acceptors (Lipinski definition) is 5. The fourth-order valence-corrected chi connectivity index (χ4v) is 3.84. The summed E-state index contributed by atoms with van der Waals surface area (Å²) in [6.07, 6.45) is 0. The maximum Gasteiger partial charge on any atom is 0.231 e. The molecule has 30 heavy (non-hydrogen) atoms. The highest BCUT2D eigenvalue weighted by Gasteiger charge is 2.15. The topological polar surface area (TPSA) is 49.0 Å². The third kappa shape index (κ3) is 4.57. The second kappa shape index (κ2) is 9.02. The Balaban J connectivity index is 1.46. The van der Waals surface area contributed by atoms with E-state index < -0.39 is 0 Å². The van der Waals surface area contributed by atoms with Crippen molar-refractivity contribution in [1.29, 1.82) is 0 Å². The molecule has 1 aliphatic heterocycles. The molecule has 3 aromatic carbocycles. The lowest BCUT2D eigenvalue weighted by Crippen LogP contribution is -2.03. The van der Waals surface area contributed by atoms with Gasteiger partial charge in [0.1, 0.15) is 12.4 Å². The van der Waals surface area contributed by atoms with Crippen molar-refractivity contribution in [2.75, 3.05) is 19.2 Å². The van der Waals surface area contributed by atoms with Crippen molar-refractivity contribution in [1.82, 2.24) is 0 Å². The number of methoxy groups -OCH3 is 1. The van der Waals surface area contributed by atoms with E-state index in [1.54, 1.807) is 13.2 Å². The zero-order chi connectivity index (χ0) is 21.1. The quantitative estimate of drug-likeness (QED) is 0.426. The van der Waals surface area contributed by atoms with Gasteiger partial charge in [0, 0.05) is 23.9 Å². The van der Waals surface area contributed by atoms with Gasteiger partial charge in [-0.1, -0.05) is 17.7 Å². The largest absolute Gasteiger partial charge is 0.493 e. The number of anilines is 1. The highest BCUT2D eigenvalue weighted by atomic mass is 79.9. The van der Waals surface area contributed by atoms with Crippen LogP contribution in [-0.4, -0.2) is 13.9 Å². The van der Waals surface area contributed by atoms with Gasteiger partial charge in [-0.05, 0) is 57.9 Å². The van der Waals surface area contributed by atoms with Gasteiger partial charge in [-0.15, -0.1) is 0 Å². The number of fused-ring (bicyclic) bond motifs is 1. The van der Waals surface area contributed by atoms with Crippen molar-refractivity contribution in [3.63, 3.8) is 0 Å². The molecule has 0 bridgehead atoms. The van der Waals surface area contributed by atoms with Gasteiger partial charge in [0.05, 0.1) is 16.6 Å². The number of ether oxygens (including phenoxy) is 4. The second-order valence-electron chi connectivity index (χ2n) is 6.56. The van der Waals surface area contributed by atoms with Crippen LogP contribution in [0.15, 0.2) is 53.0 Å². The molecule has 0 unspecified atom stereocenters. The van der Waals surface area contributed by atoms with Crippen LogP contribution in [0.5, 0.6) is 23.0 Å². The fraction of sp³-hybridized carbons (Fsp3) is 0.182. The summed E-state index contributed by atoms with van der Waals surface area (Å²) < 4.78 is 36.1. The third-order valence-corrected chi connectivity index (χ3v) is 5.49. The van der Waals surface area contributed by atoms with E-state index in [1.165, 1.54) is 12.1 Å². The number of rotatable bonds is 7. The van der Waals surface area contributed by atoms with Crippen LogP contribution in [0.2, 0.25) is 5.02 Å². The van der Waals surface area contributed by atoms with E-state index >= 15 is 0 Å². The molecule has 1 aliphatic rings. The molecular formula is C22H18BrClFNO4. The molecule has 0 saturated heterocycles. The van der Waals surface area contributed by atoms with Crippen LogP contribution in [0.3, 0.4) is 0 Å². The molecule has 0 amide bonds. The number of benzene rings is 3. The van der Waals surface area contributed by atoms with E-state index in [4.69, 9.17) is 30.5 Å². The second-order valence-corrected chi connectivity index (χ2v) is 7.82. The van der Waals surface area contributed by atoms with Crippen LogP contribution >= 0.6 is 27.5 Å². The first-order valence-corrected chi connectivity index (χ1v) is 10.3. The van der Waals surface area contributed by atoms with Gasteiger partial charge < -0.3 is 24.3 Å². The van der Waals surface area contributed by atoms with Crippen LogP contribution in [0.1, 0.15) is 11.1 Å². The monoisotopic (exact) mass is 493 g/mol. The van der Waals surface area contributed by atoms with Gasteiger partial charge in [-0.3, -0.25) is 0 Å². The molecule has 0 atom stereocenters. The summed E-state index contributed by atoms with van der Waals surface area (Å²) in [5.41, 5.74) is 2.59. The molecular weight excluding hydrogens is 477 g/mol. The van der Waals surface area contributed by atoms with Crippen LogP contribution in [-0.2, 0) is 13.2 Å². The van der Waals surface area contributed by atoms with Gasteiger partial charge in [0.15, 0.2) is 23.0 Å². The molecule has 0 fully saturated rings. The smallest absolute Gasteiger partial charge is 0.231 e. The Morgan fingerprint density at radius 1 is 1.10 bits per heavy atom. The first kappa shape index (κ1) is 20.6. The van der Waals surface area contributed by atoms with Gasteiger partial charge in [-0.2, -0.15) is 0 Å². The molecule has 3 aromatic rings. The van der Waals surface area contributed by atoms with E-state index in [0.29, 0.717) is 28.6 Å². The summed E-state index contributed by atoms with van der Waals surface area (Å²) in [7, 11) is 1.58. The minimum atomic E-state index is -0.387. The SMILES string of the molecule is COc1cc(CNc2ccc3c(c2)OCO3)cc(Br)c1OCc1ccc(F)cc1Cl. The van der Waals surface area contributed by atoms with Crippen LogP contribution in [0, 0.1) is 5.82 Å². The van der Waals surface area contributed by atoms with Crippen molar-refractivity contribution >= 4 is 33.2 Å². The first-order chi connectivity index (χ1) is 14.5. The Morgan fingerprint density at radius 3 is 2.73 bits per heavy atom. The van der Waals surface area contributed by atoms with E-state index in [1.807, 2.05) is 30.3 Å². The highest BCUT2D eigenvalue weighted by Crippen LogP contribution is 2.38. The van der Waals surface area contributed by atoms with E-state index in [2.05, 4.69) is 21.2 Å². The van der Waals surface area contributed by atoms with Crippen molar-refractivity contribution in [3.05, 3.63) is 75.0 Å². The standard InChI is InChI=1S/C22H18BrClFNO4/c1-27-21-7-13(10-26-16-4-5-19-20(9-16)30-12-29-19)6-17(23)22(21)28-11-14-2-3-15(25)8-18(14)24/h2-9,26H,10-12H2,1H3. The molecule has 4 rings (SSSR count). The lowest BCUT2D eigenvalue weighted by atomic mass is 10.2. The lowest BCUT2D eigenvalue weighted by Gasteiger charge is -2.16. The molecule has 0 aromatic heterocycles. The summed E-state index contributed by atoms with van der Waals surface area (Å²) in [5, 5.41) is 3.67. The summed E-state index contributed by atoms with van der Waals surface area (Å²) in [5.74, 6) is 2.20. The third-order valence-electron chi connectivity index (χ3n) is 4.55. The Morgan fingerprint density at radius 2 is 1.93 bits per heavy atom. The molecule has 1 heterocycles. The predicted molar refractivity (Wildman–Crippen MR) is 116 cm³/mol. The minimum Gasteiger partial charge on any atom is -0.493 e. The Hall–Kier alpha value is -2.64. The van der Waals surface area contributed by atoms with Crippen molar-refractivity contribution < 1.29 is 23.3 Å². The van der Waals surface area contributed by atoms with E-state index in [0.717, 1.165) is 27.2 Å². The molecule has 0 radical (unpaired) electrons. The van der Waals surface area contributed by atoms with Crippen molar-refractivity contribution in [2.45, 2.75) is 13.2 Å². The highest BCUT2D eigenvalue weighted by molar-refractivity contribution is 9.10. The average molecular weight is 495 g/mol. The fourth-order valence-electron chi connectivity index (χ4n) is 3.01. The zero-order valence-corrected chi connectivity index (χ0v) is 18.3. The van der Waals surface area contributed by atoms with Crippen molar-refractivity contribution in [3.8, 4) is 23.0 Å². The number of nitrogens with one attached hydrogen (secondary N) is 1. The summed E-state index contributed by atoms with van der Waals surface area (Å²) >= 11 is 9.63. The molecule has 0 spiro atoms. The van der Waals surface area contributed by atoms with E-state index in [-0.39, 0.29) is 19.2 Å². The molecule has 0 saturated carbocycles. The van der Waals surface area contributed by atoms with Gasteiger partial charge in [0.2, 0.25) is 6.79 Å². The predicted octanol–water partition coefficient (Wildman–Crippen LogP) is 6.17. The van der Waals surface area contributed by atoms with Crippen LogP contribution in [0.4, 0.5) is 10.1 Å². The van der Waals surface area contributed by atoms with Crippen LogP contribution in [0.25, 0.3) is 0 Å². The Kier molecular flexibility index (Phi) is 6.20. The van der Waals surface area contributed by atoms with Gasteiger partial charge in [-0.25, -0.2) is 4.39 Å². The molecule has 156 valence electrons. The molecule has 5 nitrogen and oxygen atoms in total. The maximum atomic E-state index is 13.2. The summed E-state index contributed by atoms with van der Waals surface area (Å²) in [6.45, 7) is 0.995. The Labute approximate surface area is 186 Å². The van der Waals surface area contributed by atoms with E-state index in [9.17, 15) is 4.39 Å². The number of hydrogen-bond donors (Lipinski definition) is 1. The molecule has 1 N–H and O–H groups in total. The Bertz CT molecular complexity index is 1080. The summed E-state index contributed by atoms with van der Waals surface area (Å²) in [4.78, 5) is 0. The molecule has 0 aliphatic carbocycles. The van der Waals surface area contributed by atoms with Gasteiger partial charge in [0.25, 0.3) is 0 Å². The van der Waals surface area contributed by atoms with Gasteiger partial charge >= 0.3 is 0 Å². The van der Waals surface area contributed by atoms with Crippen molar-refractivity contribution in [2.24, 2.45) is 0 Å². The summed E-state index contributed by atoms with van der Waals surface area (Å²) in [6, 6.07) is 13.8. The average Bonchev–Trinajstić information content (AvgIpc) is 3.20. The van der Waals surface area contributed by atoms with Crippen LogP contribution < -0.4 is 24.3 Å².